The third-order valence-electron chi connectivity index (χ3n) is 1.96. The number of hydrogen-bond donors (Lipinski definition) is 1. The van der Waals surface area contributed by atoms with Crippen LogP contribution in [0.4, 0.5) is 5.82 Å². The number of hydrogen-bond acceptors (Lipinski definition) is 3. The Labute approximate surface area is 94.9 Å². The summed E-state index contributed by atoms with van der Waals surface area (Å²) in [4.78, 5) is 1.22. The van der Waals surface area contributed by atoms with Crippen LogP contribution in [0, 0.1) is 0 Å². The third kappa shape index (κ3) is 1.69. The van der Waals surface area contributed by atoms with Crippen LogP contribution in [0.3, 0.4) is 0 Å². The van der Waals surface area contributed by atoms with E-state index in [2.05, 4.69) is 37.8 Å². The second kappa shape index (κ2) is 3.74. The van der Waals surface area contributed by atoms with Crippen molar-refractivity contribution in [1.29, 1.82) is 0 Å². The molecule has 74 valence electrons. The summed E-state index contributed by atoms with van der Waals surface area (Å²) in [7, 11) is 3.82. The maximum atomic E-state index is 4.31. The molecule has 14 heavy (non-hydrogen) atoms. The zero-order chi connectivity index (χ0) is 10.1. The molecule has 2 rings (SSSR count). The molecule has 0 fully saturated rings. The fourth-order valence-corrected chi connectivity index (χ4v) is 2.74. The van der Waals surface area contributed by atoms with Gasteiger partial charge in [0.2, 0.25) is 0 Å². The van der Waals surface area contributed by atoms with Gasteiger partial charge in [-0.05, 0) is 22.0 Å². The molecule has 5 heteroatoms. The summed E-state index contributed by atoms with van der Waals surface area (Å²) in [6.07, 6.45) is 0. The monoisotopic (exact) mass is 271 g/mol. The molecule has 0 bridgehead atoms. The van der Waals surface area contributed by atoms with Crippen molar-refractivity contribution in [3.05, 3.63) is 22.0 Å². The SMILES string of the molecule is CNc1cc(-c2cc(Br)cs2)n(C)n1. The average Bonchev–Trinajstić information content (AvgIpc) is 2.71. The molecule has 0 unspecified atom stereocenters. The van der Waals surface area contributed by atoms with Crippen LogP contribution >= 0.6 is 27.3 Å². The topological polar surface area (TPSA) is 29.9 Å². The molecule has 2 aromatic rings. The van der Waals surface area contributed by atoms with E-state index < -0.39 is 0 Å². The molecule has 0 saturated carbocycles. The maximum Gasteiger partial charge on any atom is 0.148 e. The highest BCUT2D eigenvalue weighted by Gasteiger charge is 2.08. The summed E-state index contributed by atoms with van der Waals surface area (Å²) in [5.41, 5.74) is 1.13. The van der Waals surface area contributed by atoms with Crippen molar-refractivity contribution in [3.8, 4) is 10.6 Å². The Kier molecular flexibility index (Phi) is 2.60. The van der Waals surface area contributed by atoms with Crippen LogP contribution in [0.1, 0.15) is 0 Å². The maximum absolute atomic E-state index is 4.31. The van der Waals surface area contributed by atoms with E-state index in [4.69, 9.17) is 0 Å². The van der Waals surface area contributed by atoms with E-state index in [1.165, 1.54) is 4.88 Å². The second-order valence-corrected chi connectivity index (χ2v) is 4.74. The quantitative estimate of drug-likeness (QED) is 0.910. The summed E-state index contributed by atoms with van der Waals surface area (Å²) >= 11 is 5.15. The van der Waals surface area contributed by atoms with Crippen molar-refractivity contribution >= 4 is 33.1 Å². The molecule has 0 aliphatic rings. The number of halogens is 1. The number of anilines is 1. The number of nitrogens with zero attached hydrogens (tertiary/aromatic N) is 2. The zero-order valence-corrected chi connectivity index (χ0v) is 10.3. The molecule has 0 aromatic carbocycles. The Balaban J connectivity index is 2.45. The molecule has 0 aliphatic carbocycles. The molecule has 2 aromatic heterocycles. The molecule has 0 radical (unpaired) electrons. The summed E-state index contributed by atoms with van der Waals surface area (Å²) in [6, 6.07) is 4.14. The molecule has 0 aliphatic heterocycles. The summed E-state index contributed by atoms with van der Waals surface area (Å²) in [5.74, 6) is 0.895. The van der Waals surface area contributed by atoms with E-state index >= 15 is 0 Å². The van der Waals surface area contributed by atoms with Crippen LogP contribution in [0.2, 0.25) is 0 Å². The van der Waals surface area contributed by atoms with Crippen LogP contribution < -0.4 is 5.32 Å². The van der Waals surface area contributed by atoms with Gasteiger partial charge in [-0.2, -0.15) is 5.10 Å². The zero-order valence-electron chi connectivity index (χ0n) is 7.91. The highest BCUT2D eigenvalue weighted by atomic mass is 79.9. The summed E-state index contributed by atoms with van der Waals surface area (Å²) in [6.45, 7) is 0. The van der Waals surface area contributed by atoms with E-state index in [0.717, 1.165) is 16.0 Å². The molecule has 0 saturated heterocycles. The second-order valence-electron chi connectivity index (χ2n) is 2.92. The number of rotatable bonds is 2. The van der Waals surface area contributed by atoms with Crippen molar-refractivity contribution in [2.75, 3.05) is 12.4 Å². The van der Waals surface area contributed by atoms with Crippen LogP contribution in [-0.4, -0.2) is 16.8 Å². The van der Waals surface area contributed by atoms with Gasteiger partial charge in [0, 0.05) is 30.0 Å². The highest BCUT2D eigenvalue weighted by molar-refractivity contribution is 9.10. The molecule has 2 heterocycles. The average molecular weight is 272 g/mol. The van der Waals surface area contributed by atoms with E-state index in [9.17, 15) is 0 Å². The first-order valence-corrected chi connectivity index (χ1v) is 5.84. The van der Waals surface area contributed by atoms with Gasteiger partial charge in [0.15, 0.2) is 0 Å². The van der Waals surface area contributed by atoms with Gasteiger partial charge in [-0.15, -0.1) is 11.3 Å². The lowest BCUT2D eigenvalue weighted by molar-refractivity contribution is 0.780. The summed E-state index contributed by atoms with van der Waals surface area (Å²) in [5, 5.41) is 9.41. The van der Waals surface area contributed by atoms with E-state index in [1.54, 1.807) is 11.3 Å². The minimum Gasteiger partial charge on any atom is -0.372 e. The van der Waals surface area contributed by atoms with Crippen molar-refractivity contribution < 1.29 is 0 Å². The Morgan fingerprint density at radius 3 is 2.79 bits per heavy atom. The highest BCUT2D eigenvalue weighted by Crippen LogP contribution is 2.30. The van der Waals surface area contributed by atoms with Gasteiger partial charge in [0.05, 0.1) is 10.6 Å². The van der Waals surface area contributed by atoms with Gasteiger partial charge >= 0.3 is 0 Å². The smallest absolute Gasteiger partial charge is 0.148 e. The van der Waals surface area contributed by atoms with Crippen LogP contribution in [0.5, 0.6) is 0 Å². The van der Waals surface area contributed by atoms with E-state index in [1.807, 2.05) is 24.8 Å². The Morgan fingerprint density at radius 1 is 1.50 bits per heavy atom. The molecule has 1 N–H and O–H groups in total. The normalized spacial score (nSPS) is 10.5. The molecular weight excluding hydrogens is 262 g/mol. The first-order chi connectivity index (χ1) is 6.70. The minimum atomic E-state index is 0.895. The fourth-order valence-electron chi connectivity index (χ4n) is 1.27. The lowest BCUT2D eigenvalue weighted by Crippen LogP contribution is -1.94. The van der Waals surface area contributed by atoms with Crippen LogP contribution in [0.15, 0.2) is 22.0 Å². The third-order valence-corrected chi connectivity index (χ3v) is 3.67. The molecular formula is C9H10BrN3S. The van der Waals surface area contributed by atoms with Crippen molar-refractivity contribution in [1.82, 2.24) is 9.78 Å². The van der Waals surface area contributed by atoms with E-state index in [0.29, 0.717) is 0 Å². The van der Waals surface area contributed by atoms with Crippen molar-refractivity contribution in [2.45, 2.75) is 0 Å². The summed E-state index contributed by atoms with van der Waals surface area (Å²) < 4.78 is 2.99. The molecule has 0 spiro atoms. The van der Waals surface area contributed by atoms with E-state index in [-0.39, 0.29) is 0 Å². The van der Waals surface area contributed by atoms with Gasteiger partial charge in [-0.25, -0.2) is 0 Å². The predicted molar refractivity (Wildman–Crippen MR) is 63.8 cm³/mol. The first-order valence-electron chi connectivity index (χ1n) is 4.17. The Bertz CT molecular complexity index is 447. The standard InChI is InChI=1S/C9H10BrN3S/c1-11-9-4-7(13(2)12-9)8-3-6(10)5-14-8/h3-5H,1-2H3,(H,11,12). The van der Waals surface area contributed by atoms with Gasteiger partial charge in [-0.3, -0.25) is 4.68 Å². The van der Waals surface area contributed by atoms with Crippen LogP contribution in [0.25, 0.3) is 10.6 Å². The van der Waals surface area contributed by atoms with Crippen molar-refractivity contribution in [2.24, 2.45) is 7.05 Å². The number of aromatic nitrogens is 2. The van der Waals surface area contributed by atoms with Gasteiger partial charge < -0.3 is 5.32 Å². The first kappa shape index (κ1) is 9.73. The number of aryl methyl sites for hydroxylation is 1. The molecule has 0 amide bonds. The minimum absolute atomic E-state index is 0.895. The van der Waals surface area contributed by atoms with Crippen LogP contribution in [-0.2, 0) is 7.05 Å². The lowest BCUT2D eigenvalue weighted by atomic mass is 10.3. The fraction of sp³-hybridized carbons (Fsp3) is 0.222. The largest absolute Gasteiger partial charge is 0.372 e. The Morgan fingerprint density at radius 2 is 2.29 bits per heavy atom. The van der Waals surface area contributed by atoms with Gasteiger partial charge in [0.25, 0.3) is 0 Å². The van der Waals surface area contributed by atoms with Gasteiger partial charge in [0.1, 0.15) is 5.82 Å². The van der Waals surface area contributed by atoms with Crippen molar-refractivity contribution in [3.63, 3.8) is 0 Å². The predicted octanol–water partition coefficient (Wildman–Crippen LogP) is 2.95. The molecule has 0 atom stereocenters. The molecule has 3 nitrogen and oxygen atoms in total. The number of thiophene rings is 1. The lowest BCUT2D eigenvalue weighted by Gasteiger charge is -1.95. The van der Waals surface area contributed by atoms with Gasteiger partial charge in [-0.1, -0.05) is 0 Å². The number of nitrogens with one attached hydrogen (secondary N) is 1. The Hall–Kier alpha value is -0.810.